The summed E-state index contributed by atoms with van der Waals surface area (Å²) in [4.78, 5) is 0. The van der Waals surface area contributed by atoms with Crippen molar-refractivity contribution < 1.29 is 74.0 Å². The van der Waals surface area contributed by atoms with E-state index in [9.17, 15) is 40.9 Å². The van der Waals surface area contributed by atoms with Crippen molar-refractivity contribution in [3.05, 3.63) is 0 Å². The number of hydrogen-bond donors (Lipinski definition) is 12. The van der Waals surface area contributed by atoms with Gasteiger partial charge in [0.05, 0.1) is 151 Å². The van der Waals surface area contributed by atoms with Crippen molar-refractivity contribution >= 4 is 0 Å². The third-order valence-electron chi connectivity index (χ3n) is 13.5. The first kappa shape index (κ1) is 47.9. The van der Waals surface area contributed by atoms with Crippen molar-refractivity contribution in [2.24, 2.45) is 45.6 Å². The monoisotopic (exact) mass is 812 g/mol. The van der Waals surface area contributed by atoms with Crippen molar-refractivity contribution in [2.75, 3.05) is 66.1 Å². The molecule has 0 spiro atoms. The van der Waals surface area contributed by atoms with Crippen LogP contribution in [0.3, 0.4) is 0 Å². The third kappa shape index (κ3) is 9.12. The van der Waals surface area contributed by atoms with E-state index in [1.807, 2.05) is 0 Å². The predicted molar refractivity (Wildman–Crippen MR) is 200 cm³/mol. The van der Waals surface area contributed by atoms with Crippen molar-refractivity contribution in [1.82, 2.24) is 0 Å². The Hall–Kier alpha value is -0.760. The normalized spacial score (nSPS) is 49.9. The fourth-order valence-corrected chi connectivity index (χ4v) is 8.76. The van der Waals surface area contributed by atoms with Crippen LogP contribution in [0.2, 0.25) is 0 Å². The van der Waals surface area contributed by atoms with Gasteiger partial charge in [0.15, 0.2) is 0 Å². The first-order valence-electron chi connectivity index (χ1n) is 19.6. The van der Waals surface area contributed by atoms with Gasteiger partial charge in [-0.25, -0.2) is 0 Å². The van der Waals surface area contributed by atoms with Gasteiger partial charge in [-0.15, -0.1) is 0 Å². The van der Waals surface area contributed by atoms with E-state index < -0.39 is 132 Å². The lowest BCUT2D eigenvalue weighted by molar-refractivity contribution is -0.263. The van der Waals surface area contributed by atoms with Gasteiger partial charge in [-0.05, 0) is 27.7 Å². The van der Waals surface area contributed by atoms with Gasteiger partial charge in [0.25, 0.3) is 0 Å². The van der Waals surface area contributed by atoms with Crippen LogP contribution in [0.5, 0.6) is 0 Å². The van der Waals surface area contributed by atoms with Crippen molar-refractivity contribution in [2.45, 2.75) is 144 Å². The quantitative estimate of drug-likeness (QED) is 0.0696. The zero-order chi connectivity index (χ0) is 42.2. The lowest BCUT2D eigenvalue weighted by Gasteiger charge is -2.54. The molecule has 19 nitrogen and oxygen atoms in total. The smallest absolute Gasteiger partial charge is 0.107 e. The van der Waals surface area contributed by atoms with E-state index in [1.54, 1.807) is 48.5 Å². The largest absolute Gasteiger partial charge is 0.394 e. The highest BCUT2D eigenvalue weighted by Crippen LogP contribution is 2.42. The summed E-state index contributed by atoms with van der Waals surface area (Å²) in [6.07, 6.45) is -8.63. The first-order valence-corrected chi connectivity index (χ1v) is 19.6. The average Bonchev–Trinajstić information content (AvgIpc) is 3.16. The molecule has 19 unspecified atom stereocenters. The minimum absolute atomic E-state index is 0.0781. The topological polar surface area (TPSA) is 331 Å². The minimum atomic E-state index is -1.28. The van der Waals surface area contributed by atoms with Crippen molar-refractivity contribution in [3.8, 4) is 0 Å². The molecule has 4 aliphatic rings. The molecular formula is C37H72N4O15. The molecule has 4 fully saturated rings. The van der Waals surface area contributed by atoms with Gasteiger partial charge in [-0.2, -0.15) is 0 Å². The fourth-order valence-electron chi connectivity index (χ4n) is 8.76. The van der Waals surface area contributed by atoms with Crippen LogP contribution in [0.25, 0.3) is 0 Å². The van der Waals surface area contributed by atoms with E-state index in [0.29, 0.717) is 0 Å². The van der Waals surface area contributed by atoms with Crippen LogP contribution >= 0.6 is 0 Å². The van der Waals surface area contributed by atoms with E-state index >= 15 is 0 Å². The summed E-state index contributed by atoms with van der Waals surface area (Å²) in [5.74, 6) is -1.18. The molecule has 4 heterocycles. The van der Waals surface area contributed by atoms with Crippen LogP contribution in [0.1, 0.15) is 48.5 Å². The lowest BCUT2D eigenvalue weighted by Crippen LogP contribution is -2.70. The zero-order valence-corrected chi connectivity index (χ0v) is 34.0. The van der Waals surface area contributed by atoms with Gasteiger partial charge in [0.2, 0.25) is 0 Å². The lowest BCUT2D eigenvalue weighted by atomic mass is 9.70. The molecule has 16 N–H and O–H groups in total. The van der Waals surface area contributed by atoms with Crippen molar-refractivity contribution in [1.29, 1.82) is 0 Å². The van der Waals surface area contributed by atoms with Gasteiger partial charge >= 0.3 is 0 Å². The van der Waals surface area contributed by atoms with E-state index in [1.165, 1.54) is 0 Å². The van der Waals surface area contributed by atoms with Gasteiger partial charge in [0, 0.05) is 22.7 Å². The Balaban J connectivity index is 1.32. The van der Waals surface area contributed by atoms with E-state index in [-0.39, 0.29) is 52.9 Å². The molecule has 19 atom stereocenters. The molecule has 19 heteroatoms. The second kappa shape index (κ2) is 18.5. The molecule has 4 rings (SSSR count). The van der Waals surface area contributed by atoms with Crippen LogP contribution in [0, 0.1) is 22.7 Å². The van der Waals surface area contributed by atoms with Crippen molar-refractivity contribution in [3.63, 3.8) is 0 Å². The summed E-state index contributed by atoms with van der Waals surface area (Å²) in [6, 6.07) is -3.56. The molecule has 330 valence electrons. The third-order valence-corrected chi connectivity index (χ3v) is 13.5. The maximum atomic E-state index is 11.4. The molecule has 0 radical (unpaired) electrons. The predicted octanol–water partition coefficient (Wildman–Crippen LogP) is -4.72. The highest BCUT2D eigenvalue weighted by Gasteiger charge is 2.57. The van der Waals surface area contributed by atoms with Crippen LogP contribution in [-0.4, -0.2) is 203 Å². The summed E-state index contributed by atoms with van der Waals surface area (Å²) >= 11 is 0. The molecule has 56 heavy (non-hydrogen) atoms. The average molecular weight is 813 g/mol. The number of hydrogen-bond acceptors (Lipinski definition) is 19. The molecule has 0 aromatic carbocycles. The van der Waals surface area contributed by atoms with Gasteiger partial charge in [-0.1, -0.05) is 20.8 Å². The molecule has 0 aliphatic carbocycles. The van der Waals surface area contributed by atoms with E-state index in [4.69, 9.17) is 56.1 Å². The Morgan fingerprint density at radius 3 is 1.55 bits per heavy atom. The van der Waals surface area contributed by atoms with E-state index in [0.717, 1.165) is 0 Å². The summed E-state index contributed by atoms with van der Waals surface area (Å²) in [5.41, 5.74) is 20.0. The first-order chi connectivity index (χ1) is 26.0. The molecule has 0 amide bonds. The Bertz CT molecular complexity index is 1250. The molecule has 4 aliphatic heterocycles. The van der Waals surface area contributed by atoms with Crippen LogP contribution < -0.4 is 22.9 Å². The Kier molecular flexibility index (Phi) is 15.8. The van der Waals surface area contributed by atoms with Crippen LogP contribution in [-0.2, 0) is 33.2 Å². The maximum absolute atomic E-state index is 11.4. The van der Waals surface area contributed by atoms with Crippen LogP contribution in [0.4, 0.5) is 0 Å². The number of aliphatic hydroxyl groups is 8. The summed E-state index contributed by atoms with van der Waals surface area (Å²) in [5, 5.41) is 85.1. The number of ether oxygens (including phenoxy) is 7. The highest BCUT2D eigenvalue weighted by molar-refractivity contribution is 5.07. The molecule has 0 bridgehead atoms. The zero-order valence-electron chi connectivity index (χ0n) is 34.0. The van der Waals surface area contributed by atoms with Crippen LogP contribution in [0.15, 0.2) is 0 Å². The number of aliphatic hydroxyl groups excluding tert-OH is 8. The van der Waals surface area contributed by atoms with Gasteiger partial charge < -0.3 is 96.9 Å². The Labute approximate surface area is 329 Å². The SMILES string of the molecule is CC1C(CO)OC(C)(COCC2(C)C(CO)OC(COCC3C(CO)OC(C)(COCC4(C)C(CO)OC(C)(C)C(N)C4O)C(N)C3O)C(N)C2O)C(N)C1O. The second-order valence-electron chi connectivity index (χ2n) is 18.1. The second-order valence-corrected chi connectivity index (χ2v) is 18.1. The molecule has 4 saturated heterocycles. The summed E-state index contributed by atoms with van der Waals surface area (Å²) < 4.78 is 42.4. The van der Waals surface area contributed by atoms with Gasteiger partial charge in [-0.3, -0.25) is 0 Å². The van der Waals surface area contributed by atoms with Gasteiger partial charge in [0.1, 0.15) is 11.2 Å². The van der Waals surface area contributed by atoms with E-state index in [2.05, 4.69) is 0 Å². The summed E-state index contributed by atoms with van der Waals surface area (Å²) in [7, 11) is 0. The standard InChI is InChI=1S/C37H72N4O15/c1-18-20(8-42)54-36(6,28(39)26(18)46)16-51-14-34(4)23(10-44)53-22(25(38)31(34)48)13-50-12-19-21(9-43)55-37(7,29(40)27(19)47)17-52-15-35(5)24(11-45)56-33(2,3)30(41)32(35)49/h18-32,42-49H,8-17,38-41H2,1-7H3. The summed E-state index contributed by atoms with van der Waals surface area (Å²) in [6.45, 7) is 9.59. The Morgan fingerprint density at radius 1 is 0.536 bits per heavy atom. The molecule has 0 aromatic heterocycles. The highest BCUT2D eigenvalue weighted by atomic mass is 16.6. The minimum Gasteiger partial charge on any atom is -0.394 e. The number of nitrogens with two attached hydrogens (primary N) is 4. The molecule has 0 aromatic rings. The Morgan fingerprint density at radius 2 is 1.04 bits per heavy atom. The molecular weight excluding hydrogens is 740 g/mol. The molecule has 0 saturated carbocycles. The maximum Gasteiger partial charge on any atom is 0.107 e. The number of rotatable bonds is 16. The fraction of sp³-hybridized carbons (Fsp3) is 1.00.